The van der Waals surface area contributed by atoms with Crippen molar-refractivity contribution in [3.05, 3.63) is 30.1 Å². The molecule has 0 radical (unpaired) electrons. The second kappa shape index (κ2) is 6.09. The Kier molecular flexibility index (Phi) is 6.15. The number of aromatic nitrogens is 1. The molecule has 0 saturated heterocycles. The normalized spacial score (nSPS) is 20.9. The Bertz CT molecular complexity index is 462. The molecular weight excluding hydrogens is 296 g/mol. The molecule has 0 fully saturated rings. The first-order valence-corrected chi connectivity index (χ1v) is 7.42. The van der Waals surface area contributed by atoms with Crippen LogP contribution < -0.4 is 9.79 Å². The quantitative estimate of drug-likeness (QED) is 0.425. The molecule has 2 atom stereocenters. The molecule has 0 spiro atoms. The van der Waals surface area contributed by atoms with Gasteiger partial charge >= 0.3 is 23.1 Å². The largest absolute Gasteiger partial charge is 2.00 e. The van der Waals surface area contributed by atoms with Gasteiger partial charge in [0.05, 0.1) is 0 Å². The van der Waals surface area contributed by atoms with Crippen molar-refractivity contribution in [1.82, 2.24) is 4.98 Å². The topological polar surface area (TPSA) is 154 Å². The van der Waals surface area contributed by atoms with Crippen molar-refractivity contribution in [2.75, 3.05) is 0 Å². The summed E-state index contributed by atoms with van der Waals surface area (Å²) < 4.78 is 21.8. The van der Waals surface area contributed by atoms with Crippen LogP contribution in [0.3, 0.4) is 0 Å². The maximum Gasteiger partial charge on any atom is 2.00 e. The molecule has 0 aliphatic rings. The second-order valence-corrected chi connectivity index (χ2v) is 7.27. The van der Waals surface area contributed by atoms with Gasteiger partial charge in [0.15, 0.2) is 20.3 Å². The minimum absolute atomic E-state index is 0. The zero-order valence-electron chi connectivity index (χ0n) is 9.04. The predicted molar refractivity (Wildman–Crippen MR) is 58.3 cm³/mol. The predicted octanol–water partition coefficient (Wildman–Crippen LogP) is -2.02. The molecule has 0 amide bonds. The van der Waals surface area contributed by atoms with E-state index in [0.29, 0.717) is 0 Å². The summed E-state index contributed by atoms with van der Waals surface area (Å²) in [6.07, 6.45) is 1.42. The molecule has 1 aromatic heterocycles. The van der Waals surface area contributed by atoms with Crippen LogP contribution in [0.5, 0.6) is 0 Å². The van der Waals surface area contributed by atoms with Gasteiger partial charge in [0.1, 0.15) is 0 Å². The van der Waals surface area contributed by atoms with Crippen LogP contribution >= 0.6 is 15.2 Å². The second-order valence-electron chi connectivity index (χ2n) is 3.35. The van der Waals surface area contributed by atoms with Crippen molar-refractivity contribution in [3.8, 4) is 0 Å². The van der Waals surface area contributed by atoms with E-state index < -0.39 is 26.7 Å². The molecule has 1 aromatic rings. The summed E-state index contributed by atoms with van der Waals surface area (Å²) in [4.78, 5) is 42.8. The van der Waals surface area contributed by atoms with Crippen molar-refractivity contribution >= 4 is 38.2 Å². The van der Waals surface area contributed by atoms with Gasteiger partial charge in [-0.2, -0.15) is 0 Å². The van der Waals surface area contributed by atoms with Gasteiger partial charge in [-0.15, -0.1) is 0 Å². The summed E-state index contributed by atoms with van der Waals surface area (Å²) in [5.74, 6) is 0. The van der Waals surface area contributed by atoms with Crippen LogP contribution in [0.25, 0.3) is 0 Å². The maximum absolute atomic E-state index is 10.9. The van der Waals surface area contributed by atoms with Crippen molar-refractivity contribution in [2.24, 2.45) is 0 Å². The summed E-state index contributed by atoms with van der Waals surface area (Å²) in [6, 6.07) is 2.65. The first-order chi connectivity index (χ1) is 7.58. The third-order valence-electron chi connectivity index (χ3n) is 2.07. The molecule has 0 aromatic carbocycles. The van der Waals surface area contributed by atoms with Gasteiger partial charge in [-0.25, -0.2) is 0 Å². The van der Waals surface area contributed by atoms with E-state index in [1.54, 1.807) is 0 Å². The molecular formula is C7H9MgNO7P2. The zero-order valence-corrected chi connectivity index (χ0v) is 12.2. The Morgan fingerprint density at radius 1 is 1.28 bits per heavy atom. The van der Waals surface area contributed by atoms with Crippen molar-refractivity contribution in [1.29, 1.82) is 0 Å². The van der Waals surface area contributed by atoms with Crippen LogP contribution in [0.2, 0.25) is 0 Å². The van der Waals surface area contributed by atoms with Crippen molar-refractivity contribution in [2.45, 2.75) is 11.5 Å². The fourth-order valence-electron chi connectivity index (χ4n) is 1.14. The van der Waals surface area contributed by atoms with E-state index in [9.17, 15) is 24.0 Å². The third-order valence-corrected chi connectivity index (χ3v) is 5.71. The van der Waals surface area contributed by atoms with E-state index in [1.165, 1.54) is 18.3 Å². The number of hydrogen-bond donors (Lipinski definition) is 3. The van der Waals surface area contributed by atoms with E-state index >= 15 is 0 Å². The monoisotopic (exact) mass is 305 g/mol. The molecule has 1 rings (SSSR count). The number of nitrogens with zero attached hydrogens (tertiary/aromatic N) is 1. The molecule has 8 nitrogen and oxygen atoms in total. The van der Waals surface area contributed by atoms with Gasteiger partial charge < -0.3 is 33.8 Å². The molecule has 0 aliphatic carbocycles. The summed E-state index contributed by atoms with van der Waals surface area (Å²) in [5, 5.41) is 5.81. The molecule has 11 heteroatoms. The zero-order chi connectivity index (χ0) is 13.3. The van der Waals surface area contributed by atoms with Gasteiger partial charge in [0.2, 0.25) is 0 Å². The van der Waals surface area contributed by atoms with E-state index in [4.69, 9.17) is 9.79 Å². The van der Waals surface area contributed by atoms with E-state index in [1.807, 2.05) is 0 Å². The van der Waals surface area contributed by atoms with Crippen LogP contribution in [0, 0.1) is 0 Å². The van der Waals surface area contributed by atoms with Crippen LogP contribution in [0.1, 0.15) is 5.56 Å². The molecule has 0 bridgehead atoms. The minimum Gasteiger partial charge on any atom is -0.776 e. The smallest absolute Gasteiger partial charge is 0.776 e. The Hall–Kier alpha value is 0.176. The average Bonchev–Trinajstić information content (AvgIpc) is 2.15. The Balaban J connectivity index is 0.00000289. The first-order valence-electron chi connectivity index (χ1n) is 4.27. The van der Waals surface area contributed by atoms with Crippen molar-refractivity contribution < 1.29 is 33.8 Å². The van der Waals surface area contributed by atoms with Gasteiger partial charge in [-0.1, -0.05) is 6.07 Å². The van der Waals surface area contributed by atoms with E-state index in [-0.39, 0.29) is 28.6 Å². The molecule has 18 heavy (non-hydrogen) atoms. The van der Waals surface area contributed by atoms with E-state index in [0.717, 1.165) is 6.20 Å². The Labute approximate surface area is 119 Å². The molecule has 96 valence electrons. The maximum atomic E-state index is 10.9. The van der Waals surface area contributed by atoms with Gasteiger partial charge in [-0.3, -0.25) is 4.98 Å². The summed E-state index contributed by atoms with van der Waals surface area (Å²) in [6.45, 7) is 0. The fraction of sp³-hybridized carbons (Fsp3) is 0.286. The van der Waals surface area contributed by atoms with Crippen LogP contribution in [0.15, 0.2) is 24.5 Å². The summed E-state index contributed by atoms with van der Waals surface area (Å²) in [5.41, 5.74) is 0.0188. The van der Waals surface area contributed by atoms with Crippen LogP contribution in [-0.4, -0.2) is 48.0 Å². The molecule has 3 N–H and O–H groups in total. The molecule has 0 saturated carbocycles. The van der Waals surface area contributed by atoms with Gasteiger partial charge in [0.25, 0.3) is 0 Å². The summed E-state index contributed by atoms with van der Waals surface area (Å²) in [7, 11) is -11.4. The number of hydrogen-bond acceptors (Lipinski definition) is 6. The third kappa shape index (κ3) is 3.83. The Morgan fingerprint density at radius 3 is 2.11 bits per heavy atom. The minimum atomic E-state index is -5.72. The van der Waals surface area contributed by atoms with E-state index in [2.05, 4.69) is 4.98 Å². The summed E-state index contributed by atoms with van der Waals surface area (Å²) >= 11 is 0. The first kappa shape index (κ1) is 18.2. The Morgan fingerprint density at radius 2 is 1.78 bits per heavy atom. The van der Waals surface area contributed by atoms with Gasteiger partial charge in [-0.05, 0) is 11.6 Å². The molecule has 0 aliphatic heterocycles. The molecule has 2 unspecified atom stereocenters. The molecule has 1 heterocycles. The fourth-order valence-corrected chi connectivity index (χ4v) is 3.18. The van der Waals surface area contributed by atoms with Crippen LogP contribution in [-0.2, 0) is 15.6 Å². The number of pyridine rings is 1. The number of aliphatic hydroxyl groups is 1. The van der Waals surface area contributed by atoms with Gasteiger partial charge in [0, 0.05) is 18.8 Å². The van der Waals surface area contributed by atoms with Crippen molar-refractivity contribution in [3.63, 3.8) is 0 Å². The van der Waals surface area contributed by atoms with Crippen LogP contribution in [0.4, 0.5) is 0 Å². The standard InChI is InChI=1S/C7H11NO7P2.Mg/c9-7(16(10,11)12,17(13,14)15)4-6-2-1-3-8-5-6;/h1-3,5,9H,4H2,(H2,10,11,12)(H2,13,14,15);/q;+2/p-2. The number of rotatable bonds is 4. The average molecular weight is 305 g/mol. The SMILES string of the molecule is O=P([O-])(O)C(O)(Cc1cccnc1)P(=O)([O-])O.[Mg+2].